The van der Waals surface area contributed by atoms with Crippen LogP contribution in [0.3, 0.4) is 0 Å². The van der Waals surface area contributed by atoms with Crippen LogP contribution in [0.2, 0.25) is 0 Å². The van der Waals surface area contributed by atoms with Crippen molar-refractivity contribution in [3.63, 3.8) is 0 Å². The molecule has 7 nitrogen and oxygen atoms in total. The van der Waals surface area contributed by atoms with E-state index in [0.29, 0.717) is 0 Å². The van der Waals surface area contributed by atoms with E-state index in [0.717, 1.165) is 0 Å². The van der Waals surface area contributed by atoms with Crippen molar-refractivity contribution in [2.75, 3.05) is 0 Å². The maximum Gasteiger partial charge on any atom is 0.522 e. The topological polar surface area (TPSA) is 180 Å². The van der Waals surface area contributed by atoms with Gasteiger partial charge in [0.1, 0.15) is 0 Å². The molecule has 0 rings (SSSR count). The van der Waals surface area contributed by atoms with Crippen molar-refractivity contribution in [1.29, 1.82) is 0 Å². The highest BCUT2D eigenvalue weighted by Crippen LogP contribution is 2.20. The lowest BCUT2D eigenvalue weighted by Crippen LogP contribution is -2.21. The van der Waals surface area contributed by atoms with Gasteiger partial charge in [0, 0.05) is 0 Å². The second-order valence-electron chi connectivity index (χ2n) is 0.921. The quantitative estimate of drug-likeness (QED) is 0.341. The van der Waals surface area contributed by atoms with Crippen molar-refractivity contribution in [2.24, 2.45) is 0 Å². The van der Waals surface area contributed by atoms with Crippen LogP contribution in [0.4, 0.5) is 13.2 Å². The average molecular weight is 222 g/mol. The lowest BCUT2D eigenvalue weighted by molar-refractivity contribution is -0.0510. The molecular weight excluding hydrogens is 213 g/mol. The molecule has 0 aromatic heterocycles. The molecule has 0 amide bonds. The van der Waals surface area contributed by atoms with Gasteiger partial charge in [0.2, 0.25) is 0 Å². The minimum atomic E-state index is -5.84. The summed E-state index contributed by atoms with van der Waals surface area (Å²) in [6, 6.07) is 0. The fourth-order valence-electron chi connectivity index (χ4n) is 0. The second kappa shape index (κ2) is 7.20. The molecule has 11 heteroatoms. The molecule has 0 unspecified atom stereocenters. The zero-order chi connectivity index (χ0) is 7.00. The monoisotopic (exact) mass is 222 g/mol. The Morgan fingerprint density at radius 2 is 1.00 bits per heavy atom. The summed E-state index contributed by atoms with van der Waals surface area (Å²) in [7, 11) is -5.84. The van der Waals surface area contributed by atoms with Gasteiger partial charge in [0.25, 0.3) is 0 Å². The van der Waals surface area contributed by atoms with E-state index in [-0.39, 0.29) is 21.9 Å². The number of rotatable bonds is 0. The van der Waals surface area contributed by atoms with Gasteiger partial charge in [-0.2, -0.15) is 21.6 Å². The second-order valence-corrected chi connectivity index (χ2v) is 2.33. The fraction of sp³-hybridized carbons (Fsp3) is 1.00. The van der Waals surface area contributed by atoms with Crippen LogP contribution in [0.25, 0.3) is 0 Å². The van der Waals surface area contributed by atoms with Crippen molar-refractivity contribution < 1.29 is 48.0 Å². The average Bonchev–Trinajstić information content (AvgIpc) is 1.25. The van der Waals surface area contributed by atoms with E-state index in [4.69, 9.17) is 13.0 Å². The number of halogens is 3. The van der Waals surface area contributed by atoms with Crippen molar-refractivity contribution in [2.45, 2.75) is 5.51 Å². The summed E-state index contributed by atoms with van der Waals surface area (Å²) in [6.45, 7) is 0. The van der Waals surface area contributed by atoms with Gasteiger partial charge in [-0.05, 0) is 0 Å². The highest BCUT2D eigenvalue weighted by atomic mass is 32.2. The van der Waals surface area contributed by atoms with E-state index in [1.165, 1.54) is 0 Å². The maximum absolute atomic E-state index is 10.7. The summed E-state index contributed by atoms with van der Waals surface area (Å²) in [6.07, 6.45) is 0. The van der Waals surface area contributed by atoms with E-state index in [9.17, 15) is 13.2 Å². The van der Waals surface area contributed by atoms with E-state index in [2.05, 4.69) is 0 Å². The van der Waals surface area contributed by atoms with E-state index in [1.54, 1.807) is 0 Å². The SMILES string of the molecule is O.O.O.O.O=S(=O)(O)C(F)(F)F. The van der Waals surface area contributed by atoms with Crippen molar-refractivity contribution in [1.82, 2.24) is 0 Å². The minimum absolute atomic E-state index is 0. The van der Waals surface area contributed by atoms with Crippen LogP contribution < -0.4 is 0 Å². The number of hydrogen-bond donors (Lipinski definition) is 1. The van der Waals surface area contributed by atoms with Gasteiger partial charge in [0.05, 0.1) is 0 Å². The summed E-state index contributed by atoms with van der Waals surface area (Å²) >= 11 is 0. The van der Waals surface area contributed by atoms with Crippen molar-refractivity contribution >= 4 is 10.1 Å². The summed E-state index contributed by atoms with van der Waals surface area (Å²) in [5.74, 6) is 0. The Kier molecular flexibility index (Phi) is 18.0. The molecule has 0 saturated heterocycles. The molecule has 0 aliphatic heterocycles. The molecule has 0 aromatic rings. The molecule has 0 fully saturated rings. The van der Waals surface area contributed by atoms with Gasteiger partial charge in [-0.3, -0.25) is 4.55 Å². The zero-order valence-electron chi connectivity index (χ0n) is 5.31. The zero-order valence-corrected chi connectivity index (χ0v) is 6.12. The molecule has 0 aliphatic rings. The number of hydrogen-bond acceptors (Lipinski definition) is 2. The predicted octanol–water partition coefficient (Wildman–Crippen LogP) is -2.90. The largest absolute Gasteiger partial charge is 0.522 e. The molecule has 0 radical (unpaired) electrons. The molecule has 9 N–H and O–H groups in total. The summed E-state index contributed by atoms with van der Waals surface area (Å²) in [4.78, 5) is 0. The molecule has 0 atom stereocenters. The third-order valence-electron chi connectivity index (χ3n) is 0.292. The van der Waals surface area contributed by atoms with Crippen molar-refractivity contribution in [3.05, 3.63) is 0 Å². The van der Waals surface area contributed by atoms with Gasteiger partial charge in [-0.1, -0.05) is 0 Å². The molecule has 0 saturated carbocycles. The summed E-state index contributed by atoms with van der Waals surface area (Å²) in [5, 5.41) is 0. The normalized spacial score (nSPS) is 9.33. The summed E-state index contributed by atoms with van der Waals surface area (Å²) in [5.41, 5.74) is -5.53. The van der Waals surface area contributed by atoms with E-state index >= 15 is 0 Å². The highest BCUT2D eigenvalue weighted by molar-refractivity contribution is 7.86. The number of alkyl halides is 3. The van der Waals surface area contributed by atoms with Gasteiger partial charge < -0.3 is 21.9 Å². The molecule has 0 aromatic carbocycles. The van der Waals surface area contributed by atoms with Crippen LogP contribution in [-0.2, 0) is 10.1 Å². The molecule has 0 heterocycles. The molecule has 12 heavy (non-hydrogen) atoms. The van der Waals surface area contributed by atoms with Gasteiger partial charge in [0.15, 0.2) is 0 Å². The highest BCUT2D eigenvalue weighted by Gasteiger charge is 2.44. The third kappa shape index (κ3) is 9.54. The Bertz CT molecular complexity index is 168. The van der Waals surface area contributed by atoms with Crippen molar-refractivity contribution in [3.8, 4) is 0 Å². The van der Waals surface area contributed by atoms with Gasteiger partial charge >= 0.3 is 15.6 Å². The first kappa shape index (κ1) is 30.0. The van der Waals surface area contributed by atoms with Gasteiger partial charge in [-0.25, -0.2) is 0 Å². The lowest BCUT2D eigenvalue weighted by atomic mass is 11.6. The van der Waals surface area contributed by atoms with E-state index < -0.39 is 15.6 Å². The smallest absolute Gasteiger partial charge is 0.412 e. The van der Waals surface area contributed by atoms with Crippen LogP contribution in [0.15, 0.2) is 0 Å². The first-order chi connectivity index (χ1) is 3.25. The molecular formula is CH9F3O7S. The van der Waals surface area contributed by atoms with Crippen LogP contribution >= 0.6 is 0 Å². The standard InChI is InChI=1S/CHF3O3S.4H2O/c2-1(3,4)8(5,6)7;;;;/h(H,5,6,7);4*1H2. The van der Waals surface area contributed by atoms with Crippen LogP contribution in [0.1, 0.15) is 0 Å². The van der Waals surface area contributed by atoms with Crippen LogP contribution in [0, 0.1) is 0 Å². The van der Waals surface area contributed by atoms with Crippen LogP contribution in [0.5, 0.6) is 0 Å². The summed E-state index contributed by atoms with van der Waals surface area (Å²) < 4.78 is 57.5. The Morgan fingerprint density at radius 3 is 1.00 bits per heavy atom. The Labute approximate surface area is 64.8 Å². The van der Waals surface area contributed by atoms with E-state index in [1.807, 2.05) is 0 Å². The lowest BCUT2D eigenvalue weighted by Gasteiger charge is -1.97. The molecule has 0 bridgehead atoms. The first-order valence-electron chi connectivity index (χ1n) is 1.29. The Hall–Kier alpha value is -0.460. The third-order valence-corrected chi connectivity index (χ3v) is 0.877. The molecule has 82 valence electrons. The van der Waals surface area contributed by atoms with Crippen LogP contribution in [-0.4, -0.2) is 40.4 Å². The molecule has 0 aliphatic carbocycles. The Morgan fingerprint density at radius 1 is 0.917 bits per heavy atom. The maximum atomic E-state index is 10.7. The first-order valence-corrected chi connectivity index (χ1v) is 2.73. The minimum Gasteiger partial charge on any atom is -0.412 e. The van der Waals surface area contributed by atoms with Gasteiger partial charge in [-0.15, -0.1) is 0 Å². The fourth-order valence-corrected chi connectivity index (χ4v) is 0. The Balaban J connectivity index is -0.0000000408. The predicted molar refractivity (Wildman–Crippen MR) is 32.1 cm³/mol. The molecule has 0 spiro atoms.